The van der Waals surface area contributed by atoms with E-state index in [1.165, 1.54) is 37.8 Å². The van der Waals surface area contributed by atoms with Crippen LogP contribution in [0.15, 0.2) is 30.3 Å². The van der Waals surface area contributed by atoms with Gasteiger partial charge < -0.3 is 4.90 Å². The fourth-order valence-electron chi connectivity index (χ4n) is 3.82. The van der Waals surface area contributed by atoms with Gasteiger partial charge in [0.1, 0.15) is 5.82 Å². The summed E-state index contributed by atoms with van der Waals surface area (Å²) in [5, 5.41) is 0. The molecule has 0 bridgehead atoms. The molecule has 0 spiro atoms. The minimum atomic E-state index is -0.192. The van der Waals surface area contributed by atoms with Crippen LogP contribution < -0.4 is 0 Å². The van der Waals surface area contributed by atoms with Crippen LogP contribution >= 0.6 is 0 Å². The number of nitrogens with zero attached hydrogens (tertiary/aromatic N) is 2. The lowest BCUT2D eigenvalue weighted by molar-refractivity contribution is -0.130. The maximum atomic E-state index is 12.9. The van der Waals surface area contributed by atoms with E-state index < -0.39 is 0 Å². The zero-order valence-corrected chi connectivity index (χ0v) is 15.0. The summed E-state index contributed by atoms with van der Waals surface area (Å²) in [7, 11) is 0. The van der Waals surface area contributed by atoms with Crippen molar-refractivity contribution in [2.24, 2.45) is 5.92 Å². The highest BCUT2D eigenvalue weighted by Gasteiger charge is 2.22. The molecule has 2 aliphatic heterocycles. The molecule has 0 unspecified atom stereocenters. The predicted molar refractivity (Wildman–Crippen MR) is 99.6 cm³/mol. The van der Waals surface area contributed by atoms with E-state index in [9.17, 15) is 9.18 Å². The van der Waals surface area contributed by atoms with Crippen LogP contribution in [0.2, 0.25) is 0 Å². The minimum absolute atomic E-state index is 0.192. The lowest BCUT2D eigenvalue weighted by atomic mass is 9.92. The standard InChI is InChI=1S/C21H29FN2O/c22-20-8-5-18(6-9-20)4-3-13-23-16-11-19(12-17-23)7-10-21(25)24-14-1-2-15-24/h3-6,8-9,19H,1-2,7,10-17H2. The van der Waals surface area contributed by atoms with Gasteiger partial charge in [-0.25, -0.2) is 4.39 Å². The summed E-state index contributed by atoms with van der Waals surface area (Å²) in [6, 6.07) is 6.59. The van der Waals surface area contributed by atoms with E-state index >= 15 is 0 Å². The van der Waals surface area contributed by atoms with Crippen LogP contribution in [0.4, 0.5) is 4.39 Å². The first kappa shape index (κ1) is 18.1. The maximum Gasteiger partial charge on any atom is 0.222 e. The summed E-state index contributed by atoms with van der Waals surface area (Å²) in [6.07, 6.45) is 10.7. The molecular formula is C21H29FN2O. The van der Waals surface area contributed by atoms with E-state index in [1.807, 2.05) is 4.90 Å². The average molecular weight is 344 g/mol. The average Bonchev–Trinajstić information content (AvgIpc) is 3.17. The van der Waals surface area contributed by atoms with Crippen molar-refractivity contribution >= 4 is 12.0 Å². The molecule has 3 rings (SSSR count). The Bertz CT molecular complexity index is 570. The molecule has 2 heterocycles. The van der Waals surface area contributed by atoms with Gasteiger partial charge in [0.2, 0.25) is 5.91 Å². The second kappa shape index (κ2) is 9.14. The SMILES string of the molecule is O=C(CCC1CCN(CC=Cc2ccc(F)cc2)CC1)N1CCCC1. The molecule has 2 saturated heterocycles. The maximum absolute atomic E-state index is 12.9. The van der Waals surface area contributed by atoms with Crippen molar-refractivity contribution in [1.82, 2.24) is 9.80 Å². The third-order valence-corrected chi connectivity index (χ3v) is 5.48. The molecule has 1 amide bonds. The smallest absolute Gasteiger partial charge is 0.222 e. The molecule has 0 radical (unpaired) electrons. The number of rotatable bonds is 6. The van der Waals surface area contributed by atoms with Gasteiger partial charge in [-0.2, -0.15) is 0 Å². The highest BCUT2D eigenvalue weighted by molar-refractivity contribution is 5.76. The first-order valence-corrected chi connectivity index (χ1v) is 9.63. The van der Waals surface area contributed by atoms with Crippen molar-refractivity contribution in [3.05, 3.63) is 41.7 Å². The number of hydrogen-bond acceptors (Lipinski definition) is 2. The summed E-state index contributed by atoms with van der Waals surface area (Å²) < 4.78 is 12.9. The van der Waals surface area contributed by atoms with Gasteiger partial charge in [0.05, 0.1) is 0 Å². The molecule has 1 aromatic rings. The van der Waals surface area contributed by atoms with Crippen molar-refractivity contribution < 1.29 is 9.18 Å². The number of carbonyl (C=O) groups excluding carboxylic acids is 1. The largest absolute Gasteiger partial charge is 0.343 e. The Labute approximate surface area is 150 Å². The molecular weight excluding hydrogens is 315 g/mol. The third-order valence-electron chi connectivity index (χ3n) is 5.48. The van der Waals surface area contributed by atoms with E-state index in [0.717, 1.165) is 51.1 Å². The zero-order valence-electron chi connectivity index (χ0n) is 15.0. The highest BCUT2D eigenvalue weighted by Crippen LogP contribution is 2.23. The van der Waals surface area contributed by atoms with Gasteiger partial charge in [0, 0.05) is 26.1 Å². The predicted octanol–water partition coefficient (Wildman–Crippen LogP) is 3.95. The number of likely N-dealkylation sites (tertiary alicyclic amines) is 2. The Morgan fingerprint density at radius 2 is 1.76 bits per heavy atom. The van der Waals surface area contributed by atoms with E-state index in [4.69, 9.17) is 0 Å². The second-order valence-corrected chi connectivity index (χ2v) is 7.32. The van der Waals surface area contributed by atoms with Gasteiger partial charge in [-0.15, -0.1) is 0 Å². The number of benzene rings is 1. The summed E-state index contributed by atoms with van der Waals surface area (Å²) in [4.78, 5) is 16.6. The van der Waals surface area contributed by atoms with Gasteiger partial charge in [-0.05, 0) is 68.8 Å². The summed E-state index contributed by atoms with van der Waals surface area (Å²) in [6.45, 7) is 5.10. The van der Waals surface area contributed by atoms with Crippen molar-refractivity contribution in [2.45, 2.75) is 38.5 Å². The quantitative estimate of drug-likeness (QED) is 0.780. The third kappa shape index (κ3) is 5.67. The Balaban J connectivity index is 1.33. The fraction of sp³-hybridized carbons (Fsp3) is 0.571. The summed E-state index contributed by atoms with van der Waals surface area (Å²) in [5.74, 6) is 0.869. The Hall–Kier alpha value is -1.68. The lowest BCUT2D eigenvalue weighted by Crippen LogP contribution is -2.34. The molecule has 4 heteroatoms. The number of carbonyl (C=O) groups is 1. The number of piperidine rings is 1. The Morgan fingerprint density at radius 1 is 1.08 bits per heavy atom. The monoisotopic (exact) mass is 344 g/mol. The van der Waals surface area contributed by atoms with Crippen molar-refractivity contribution in [1.29, 1.82) is 0 Å². The van der Waals surface area contributed by atoms with Gasteiger partial charge in [-0.1, -0.05) is 24.3 Å². The molecule has 25 heavy (non-hydrogen) atoms. The van der Waals surface area contributed by atoms with Crippen LogP contribution in [0.25, 0.3) is 6.08 Å². The molecule has 3 nitrogen and oxygen atoms in total. The molecule has 0 N–H and O–H groups in total. The van der Waals surface area contributed by atoms with Crippen molar-refractivity contribution in [2.75, 3.05) is 32.7 Å². The van der Waals surface area contributed by atoms with Crippen LogP contribution in [0.3, 0.4) is 0 Å². The first-order valence-electron chi connectivity index (χ1n) is 9.63. The van der Waals surface area contributed by atoms with Crippen LogP contribution in [-0.2, 0) is 4.79 Å². The van der Waals surface area contributed by atoms with Crippen LogP contribution in [-0.4, -0.2) is 48.4 Å². The molecule has 136 valence electrons. The number of amides is 1. The van der Waals surface area contributed by atoms with E-state index in [-0.39, 0.29) is 5.82 Å². The van der Waals surface area contributed by atoms with E-state index in [2.05, 4.69) is 17.1 Å². The summed E-state index contributed by atoms with van der Waals surface area (Å²) in [5.41, 5.74) is 1.04. The van der Waals surface area contributed by atoms with Crippen LogP contribution in [0.1, 0.15) is 44.1 Å². The normalized spacial score (nSPS) is 19.8. The van der Waals surface area contributed by atoms with Gasteiger partial charge in [0.25, 0.3) is 0 Å². The molecule has 2 aliphatic rings. The minimum Gasteiger partial charge on any atom is -0.343 e. The summed E-state index contributed by atoms with van der Waals surface area (Å²) >= 11 is 0. The van der Waals surface area contributed by atoms with Crippen LogP contribution in [0, 0.1) is 11.7 Å². The molecule has 2 fully saturated rings. The van der Waals surface area contributed by atoms with Gasteiger partial charge in [-0.3, -0.25) is 9.69 Å². The highest BCUT2D eigenvalue weighted by atomic mass is 19.1. The Kier molecular flexibility index (Phi) is 6.62. The first-order chi connectivity index (χ1) is 12.2. The molecule has 0 aromatic heterocycles. The molecule has 1 aromatic carbocycles. The van der Waals surface area contributed by atoms with Crippen molar-refractivity contribution in [3.8, 4) is 0 Å². The number of hydrogen-bond donors (Lipinski definition) is 0. The lowest BCUT2D eigenvalue weighted by Gasteiger charge is -2.31. The molecule has 0 aliphatic carbocycles. The van der Waals surface area contributed by atoms with Crippen LogP contribution in [0.5, 0.6) is 0 Å². The molecule has 0 saturated carbocycles. The number of halogens is 1. The second-order valence-electron chi connectivity index (χ2n) is 7.32. The Morgan fingerprint density at radius 3 is 2.44 bits per heavy atom. The van der Waals surface area contributed by atoms with Gasteiger partial charge in [0.15, 0.2) is 0 Å². The van der Waals surface area contributed by atoms with Crippen molar-refractivity contribution in [3.63, 3.8) is 0 Å². The van der Waals surface area contributed by atoms with E-state index in [1.54, 1.807) is 12.1 Å². The van der Waals surface area contributed by atoms with E-state index in [0.29, 0.717) is 11.8 Å². The fourth-order valence-corrected chi connectivity index (χ4v) is 3.82. The molecule has 0 atom stereocenters. The zero-order chi connectivity index (χ0) is 17.5. The topological polar surface area (TPSA) is 23.6 Å². The van der Waals surface area contributed by atoms with Gasteiger partial charge >= 0.3 is 0 Å².